The van der Waals surface area contributed by atoms with E-state index in [1.807, 2.05) is 32.0 Å². The third-order valence-electron chi connectivity index (χ3n) is 3.40. The van der Waals surface area contributed by atoms with Crippen LogP contribution in [0.2, 0.25) is 0 Å². The number of hydrogen-bond acceptors (Lipinski definition) is 2. The number of nitrogens with one attached hydrogen (secondary N) is 3. The number of amides is 3. The number of benzene rings is 2. The lowest BCUT2D eigenvalue weighted by molar-refractivity contribution is 0.0963. The number of rotatable bonds is 3. The molecule has 0 atom stereocenters. The van der Waals surface area contributed by atoms with Crippen molar-refractivity contribution >= 4 is 23.3 Å². The molecule has 2 aromatic rings. The molecule has 114 valence electrons. The van der Waals surface area contributed by atoms with Gasteiger partial charge in [0.15, 0.2) is 0 Å². The molecule has 0 aromatic heterocycles. The molecule has 0 heterocycles. The molecule has 2 aromatic carbocycles. The molecule has 0 aliphatic rings. The lowest BCUT2D eigenvalue weighted by Gasteiger charge is -2.09. The van der Waals surface area contributed by atoms with E-state index in [1.165, 1.54) is 5.56 Å². The summed E-state index contributed by atoms with van der Waals surface area (Å²) in [6.07, 6.45) is 0. The van der Waals surface area contributed by atoms with E-state index < -0.39 is 0 Å². The molecule has 2 rings (SSSR count). The minimum Gasteiger partial charge on any atom is -0.355 e. The van der Waals surface area contributed by atoms with Crippen LogP contribution in [0.3, 0.4) is 0 Å². The first-order chi connectivity index (χ1) is 10.5. The molecule has 0 saturated carbocycles. The normalized spacial score (nSPS) is 9.95. The van der Waals surface area contributed by atoms with Gasteiger partial charge in [-0.05, 0) is 61.4 Å². The molecule has 3 N–H and O–H groups in total. The zero-order chi connectivity index (χ0) is 16.1. The van der Waals surface area contributed by atoms with Gasteiger partial charge < -0.3 is 16.0 Å². The van der Waals surface area contributed by atoms with Crippen molar-refractivity contribution in [2.75, 3.05) is 17.7 Å². The van der Waals surface area contributed by atoms with Crippen molar-refractivity contribution in [3.05, 3.63) is 59.2 Å². The summed E-state index contributed by atoms with van der Waals surface area (Å²) in [7, 11) is 1.57. The summed E-state index contributed by atoms with van der Waals surface area (Å²) < 4.78 is 0. The van der Waals surface area contributed by atoms with E-state index in [4.69, 9.17) is 0 Å². The zero-order valence-corrected chi connectivity index (χ0v) is 12.9. The van der Waals surface area contributed by atoms with Crippen molar-refractivity contribution in [3.8, 4) is 0 Å². The highest BCUT2D eigenvalue weighted by atomic mass is 16.2. The van der Waals surface area contributed by atoms with Crippen molar-refractivity contribution in [1.29, 1.82) is 0 Å². The monoisotopic (exact) mass is 297 g/mol. The lowest BCUT2D eigenvalue weighted by atomic mass is 10.1. The topological polar surface area (TPSA) is 70.2 Å². The summed E-state index contributed by atoms with van der Waals surface area (Å²) in [5.41, 5.74) is 4.20. The van der Waals surface area contributed by atoms with E-state index >= 15 is 0 Å². The molecule has 0 fully saturated rings. The number of carbonyl (C=O) groups excluding carboxylic acids is 2. The molecule has 5 heteroatoms. The number of carbonyl (C=O) groups is 2. The number of aryl methyl sites for hydroxylation is 2. The van der Waals surface area contributed by atoms with Crippen LogP contribution in [0.5, 0.6) is 0 Å². The third-order valence-corrected chi connectivity index (χ3v) is 3.40. The second-order valence-electron chi connectivity index (χ2n) is 5.03. The highest BCUT2D eigenvalue weighted by Crippen LogP contribution is 2.15. The summed E-state index contributed by atoms with van der Waals surface area (Å²) in [5.74, 6) is -0.161. The van der Waals surface area contributed by atoms with Gasteiger partial charge in [-0.1, -0.05) is 6.07 Å². The fourth-order valence-corrected chi connectivity index (χ4v) is 1.96. The Bertz CT molecular complexity index is 694. The minimum atomic E-state index is -0.323. The standard InChI is InChI=1S/C17H19N3O2/c1-11-4-7-15(10-12(11)2)20-17(22)19-14-8-5-13(6-9-14)16(21)18-3/h4-10H,1-3H3,(H,18,21)(H2,19,20,22). The molecule has 0 radical (unpaired) electrons. The predicted molar refractivity (Wildman–Crippen MR) is 88.4 cm³/mol. The first-order valence-electron chi connectivity index (χ1n) is 6.97. The first-order valence-corrected chi connectivity index (χ1v) is 6.97. The molecular formula is C17H19N3O2. The number of hydrogen-bond donors (Lipinski definition) is 3. The molecule has 0 unspecified atom stereocenters. The Morgan fingerprint density at radius 1 is 0.818 bits per heavy atom. The highest BCUT2D eigenvalue weighted by Gasteiger charge is 2.06. The van der Waals surface area contributed by atoms with Gasteiger partial charge in [-0.15, -0.1) is 0 Å². The van der Waals surface area contributed by atoms with Crippen LogP contribution >= 0.6 is 0 Å². The summed E-state index contributed by atoms with van der Waals surface area (Å²) in [5, 5.41) is 8.05. The smallest absolute Gasteiger partial charge is 0.323 e. The Hall–Kier alpha value is -2.82. The molecular weight excluding hydrogens is 278 g/mol. The van der Waals surface area contributed by atoms with E-state index in [0.29, 0.717) is 11.3 Å². The highest BCUT2D eigenvalue weighted by molar-refractivity contribution is 6.00. The maximum absolute atomic E-state index is 12.0. The van der Waals surface area contributed by atoms with Gasteiger partial charge in [0.05, 0.1) is 0 Å². The Morgan fingerprint density at radius 2 is 1.41 bits per heavy atom. The van der Waals surface area contributed by atoms with Crippen LogP contribution < -0.4 is 16.0 Å². The SMILES string of the molecule is CNC(=O)c1ccc(NC(=O)Nc2ccc(C)c(C)c2)cc1. The summed E-state index contributed by atoms with van der Waals surface area (Å²) in [6, 6.07) is 12.1. The molecule has 0 aliphatic carbocycles. The number of urea groups is 1. The first kappa shape index (κ1) is 15.6. The van der Waals surface area contributed by atoms with E-state index in [-0.39, 0.29) is 11.9 Å². The van der Waals surface area contributed by atoms with Crippen molar-refractivity contribution in [1.82, 2.24) is 5.32 Å². The van der Waals surface area contributed by atoms with Crippen LogP contribution in [0.4, 0.5) is 16.2 Å². The fourth-order valence-electron chi connectivity index (χ4n) is 1.96. The summed E-state index contributed by atoms with van der Waals surface area (Å²) in [4.78, 5) is 23.4. The molecule has 0 spiro atoms. The van der Waals surface area contributed by atoms with Crippen LogP contribution in [-0.4, -0.2) is 19.0 Å². The summed E-state index contributed by atoms with van der Waals surface area (Å²) in [6.45, 7) is 4.02. The van der Waals surface area contributed by atoms with Crippen LogP contribution in [-0.2, 0) is 0 Å². The number of anilines is 2. The van der Waals surface area contributed by atoms with Gasteiger partial charge in [0.25, 0.3) is 5.91 Å². The van der Waals surface area contributed by atoms with Gasteiger partial charge in [-0.2, -0.15) is 0 Å². The molecule has 5 nitrogen and oxygen atoms in total. The Labute approximate surface area is 129 Å². The van der Waals surface area contributed by atoms with Gasteiger partial charge in [-0.3, -0.25) is 4.79 Å². The average Bonchev–Trinajstić information content (AvgIpc) is 2.51. The molecule has 3 amide bonds. The van der Waals surface area contributed by atoms with E-state index in [2.05, 4.69) is 16.0 Å². The van der Waals surface area contributed by atoms with Gasteiger partial charge in [0.2, 0.25) is 0 Å². The molecule has 0 aliphatic heterocycles. The molecule has 0 bridgehead atoms. The second-order valence-corrected chi connectivity index (χ2v) is 5.03. The van der Waals surface area contributed by atoms with Crippen LogP contribution in [0, 0.1) is 13.8 Å². The predicted octanol–water partition coefficient (Wildman–Crippen LogP) is 3.31. The third kappa shape index (κ3) is 3.85. The quantitative estimate of drug-likeness (QED) is 0.813. The van der Waals surface area contributed by atoms with Crippen LogP contribution in [0.1, 0.15) is 21.5 Å². The lowest BCUT2D eigenvalue weighted by Crippen LogP contribution is -2.20. The van der Waals surface area contributed by atoms with Crippen LogP contribution in [0.15, 0.2) is 42.5 Å². The minimum absolute atomic E-state index is 0.161. The molecule has 22 heavy (non-hydrogen) atoms. The second kappa shape index (κ2) is 6.76. The largest absolute Gasteiger partial charge is 0.355 e. The Balaban J connectivity index is 1.99. The van der Waals surface area contributed by atoms with Crippen molar-refractivity contribution < 1.29 is 9.59 Å². The van der Waals surface area contributed by atoms with Gasteiger partial charge in [-0.25, -0.2) is 4.79 Å². The maximum Gasteiger partial charge on any atom is 0.323 e. The van der Waals surface area contributed by atoms with E-state index in [0.717, 1.165) is 11.3 Å². The molecule has 0 saturated heterocycles. The van der Waals surface area contributed by atoms with Crippen molar-refractivity contribution in [2.45, 2.75) is 13.8 Å². The van der Waals surface area contributed by atoms with E-state index in [9.17, 15) is 9.59 Å². The summed E-state index contributed by atoms with van der Waals surface area (Å²) >= 11 is 0. The Kier molecular flexibility index (Phi) is 4.78. The van der Waals surface area contributed by atoms with E-state index in [1.54, 1.807) is 31.3 Å². The van der Waals surface area contributed by atoms with Crippen molar-refractivity contribution in [2.24, 2.45) is 0 Å². The van der Waals surface area contributed by atoms with Gasteiger partial charge in [0.1, 0.15) is 0 Å². The average molecular weight is 297 g/mol. The van der Waals surface area contributed by atoms with Crippen LogP contribution in [0.25, 0.3) is 0 Å². The maximum atomic E-state index is 12.0. The Morgan fingerprint density at radius 3 is 2.00 bits per heavy atom. The van der Waals surface area contributed by atoms with Crippen molar-refractivity contribution in [3.63, 3.8) is 0 Å². The van der Waals surface area contributed by atoms with Gasteiger partial charge in [0, 0.05) is 24.0 Å². The zero-order valence-electron chi connectivity index (χ0n) is 12.9. The van der Waals surface area contributed by atoms with Gasteiger partial charge >= 0.3 is 6.03 Å². The fraction of sp³-hybridized carbons (Fsp3) is 0.176.